The van der Waals surface area contributed by atoms with E-state index in [0.29, 0.717) is 0 Å². The van der Waals surface area contributed by atoms with Crippen molar-refractivity contribution in [1.29, 1.82) is 0 Å². The van der Waals surface area contributed by atoms with E-state index in [1.165, 1.54) is 10.9 Å². The number of aromatic nitrogens is 4. The van der Waals surface area contributed by atoms with Crippen molar-refractivity contribution in [2.45, 2.75) is 6.54 Å². The third-order valence-electron chi connectivity index (χ3n) is 2.67. The van der Waals surface area contributed by atoms with Crippen molar-refractivity contribution in [2.24, 2.45) is 0 Å². The van der Waals surface area contributed by atoms with Crippen molar-refractivity contribution in [3.8, 4) is 0 Å². The van der Waals surface area contributed by atoms with Gasteiger partial charge in [0.25, 0.3) is 5.56 Å². The summed E-state index contributed by atoms with van der Waals surface area (Å²) in [6, 6.07) is 5.69. The number of hydrogen-bond donors (Lipinski definition) is 0. The minimum atomic E-state index is -0.425. The molecule has 0 aliphatic rings. The van der Waals surface area contributed by atoms with Gasteiger partial charge in [0, 0.05) is 12.4 Å². The van der Waals surface area contributed by atoms with Crippen LogP contribution in [0.3, 0.4) is 0 Å². The first-order valence-electron chi connectivity index (χ1n) is 5.49. The summed E-state index contributed by atoms with van der Waals surface area (Å²) < 4.78 is 3.11. The van der Waals surface area contributed by atoms with Crippen LogP contribution in [0.5, 0.6) is 0 Å². The number of pyridine rings is 1. The van der Waals surface area contributed by atoms with Crippen molar-refractivity contribution in [2.75, 3.05) is 0 Å². The van der Waals surface area contributed by atoms with Gasteiger partial charge in [-0.1, -0.05) is 29.3 Å². The normalized spacial score (nSPS) is 11.1. The number of fused-ring (bicyclic) bond motifs is 1. The van der Waals surface area contributed by atoms with Gasteiger partial charge in [0.15, 0.2) is 0 Å². The molecule has 0 saturated carbocycles. The summed E-state index contributed by atoms with van der Waals surface area (Å²) in [7, 11) is 0. The van der Waals surface area contributed by atoms with Gasteiger partial charge in [0.2, 0.25) is 0 Å². The molecule has 0 spiro atoms. The van der Waals surface area contributed by atoms with Crippen molar-refractivity contribution >= 4 is 28.8 Å². The van der Waals surface area contributed by atoms with E-state index in [1.807, 2.05) is 35.0 Å². The molecule has 0 N–H and O–H groups in total. The standard InChI is InChI=1S/C12H8Cl2N4O/c13-9-5-15-18(12(19)11(9)14)7-8-6-17-4-2-1-3-10(17)16-8/h1-6H,7H2. The second kappa shape index (κ2) is 4.68. The molecule has 3 heterocycles. The summed E-state index contributed by atoms with van der Waals surface area (Å²) in [5.41, 5.74) is 1.11. The van der Waals surface area contributed by atoms with Crippen LogP contribution in [0.4, 0.5) is 0 Å². The Hall–Kier alpha value is -1.85. The average Bonchev–Trinajstić information content (AvgIpc) is 2.82. The van der Waals surface area contributed by atoms with Gasteiger partial charge in [0.05, 0.1) is 23.5 Å². The third-order valence-corrected chi connectivity index (χ3v) is 3.42. The number of halogens is 2. The fourth-order valence-electron chi connectivity index (χ4n) is 1.77. The fraction of sp³-hybridized carbons (Fsp3) is 0.0833. The summed E-state index contributed by atoms with van der Waals surface area (Å²) in [5, 5.41) is 4.07. The highest BCUT2D eigenvalue weighted by molar-refractivity contribution is 6.41. The minimum Gasteiger partial charge on any atom is -0.307 e. The lowest BCUT2D eigenvalue weighted by Crippen LogP contribution is -2.23. The molecular formula is C12H8Cl2N4O. The van der Waals surface area contributed by atoms with E-state index < -0.39 is 5.56 Å². The molecule has 3 rings (SSSR count). The predicted molar refractivity (Wildman–Crippen MR) is 72.8 cm³/mol. The molecule has 0 aliphatic carbocycles. The zero-order chi connectivity index (χ0) is 13.4. The molecule has 0 amide bonds. The molecule has 0 bridgehead atoms. The van der Waals surface area contributed by atoms with Gasteiger partial charge in [-0.3, -0.25) is 4.79 Å². The molecule has 0 aliphatic heterocycles. The Bertz CT molecular complexity index is 776. The number of imidazole rings is 1. The summed E-state index contributed by atoms with van der Waals surface area (Å²) in [6.45, 7) is 0.247. The number of hydrogen-bond acceptors (Lipinski definition) is 3. The van der Waals surface area contributed by atoms with Crippen LogP contribution in [0.25, 0.3) is 5.65 Å². The van der Waals surface area contributed by atoms with Gasteiger partial charge in [0.1, 0.15) is 10.7 Å². The Kier molecular flexibility index (Phi) is 3.00. The molecule has 0 fully saturated rings. The molecule has 5 nitrogen and oxygen atoms in total. The van der Waals surface area contributed by atoms with E-state index in [2.05, 4.69) is 10.1 Å². The van der Waals surface area contributed by atoms with Crippen molar-refractivity contribution in [1.82, 2.24) is 19.2 Å². The first-order chi connectivity index (χ1) is 9.15. The summed E-state index contributed by atoms with van der Waals surface area (Å²) in [6.07, 6.45) is 5.07. The minimum absolute atomic E-state index is 0.0274. The monoisotopic (exact) mass is 294 g/mol. The summed E-state index contributed by atoms with van der Waals surface area (Å²) >= 11 is 11.5. The molecule has 0 radical (unpaired) electrons. The van der Waals surface area contributed by atoms with Gasteiger partial charge < -0.3 is 4.40 Å². The second-order valence-electron chi connectivity index (χ2n) is 3.97. The van der Waals surface area contributed by atoms with Gasteiger partial charge >= 0.3 is 0 Å². The van der Waals surface area contributed by atoms with Crippen LogP contribution < -0.4 is 5.56 Å². The molecule has 96 valence electrons. The van der Waals surface area contributed by atoms with E-state index >= 15 is 0 Å². The van der Waals surface area contributed by atoms with Crippen LogP contribution in [0.2, 0.25) is 10.0 Å². The zero-order valence-corrected chi connectivity index (χ0v) is 11.1. The van der Waals surface area contributed by atoms with Crippen LogP contribution in [0.15, 0.2) is 41.6 Å². The van der Waals surface area contributed by atoms with Crippen LogP contribution in [-0.4, -0.2) is 19.2 Å². The summed E-state index contributed by atoms with van der Waals surface area (Å²) in [4.78, 5) is 16.2. The Morgan fingerprint density at radius 1 is 1.26 bits per heavy atom. The van der Waals surface area contributed by atoms with E-state index in [0.717, 1.165) is 11.3 Å². The maximum Gasteiger partial charge on any atom is 0.287 e. The molecular weight excluding hydrogens is 287 g/mol. The van der Waals surface area contributed by atoms with Gasteiger partial charge in [-0.15, -0.1) is 0 Å². The first-order valence-corrected chi connectivity index (χ1v) is 6.24. The topological polar surface area (TPSA) is 52.2 Å². The SMILES string of the molecule is O=c1c(Cl)c(Cl)cnn1Cc1cn2ccccc2n1. The van der Waals surface area contributed by atoms with E-state index in [-0.39, 0.29) is 16.6 Å². The molecule has 0 aromatic carbocycles. The van der Waals surface area contributed by atoms with Crippen LogP contribution in [0, 0.1) is 0 Å². The molecule has 3 aromatic heterocycles. The van der Waals surface area contributed by atoms with E-state index in [4.69, 9.17) is 23.2 Å². The highest BCUT2D eigenvalue weighted by atomic mass is 35.5. The highest BCUT2D eigenvalue weighted by Gasteiger charge is 2.09. The Morgan fingerprint density at radius 2 is 2.11 bits per heavy atom. The lowest BCUT2D eigenvalue weighted by Gasteiger charge is -2.02. The second-order valence-corrected chi connectivity index (χ2v) is 4.75. The largest absolute Gasteiger partial charge is 0.307 e. The van der Waals surface area contributed by atoms with Gasteiger partial charge in [-0.2, -0.15) is 5.10 Å². The third kappa shape index (κ3) is 2.22. The van der Waals surface area contributed by atoms with E-state index in [9.17, 15) is 4.79 Å². The Morgan fingerprint density at radius 3 is 2.89 bits per heavy atom. The van der Waals surface area contributed by atoms with Crippen LogP contribution in [0.1, 0.15) is 5.69 Å². The average molecular weight is 295 g/mol. The van der Waals surface area contributed by atoms with Crippen molar-refractivity contribution < 1.29 is 0 Å². The maximum atomic E-state index is 11.9. The number of rotatable bonds is 2. The molecule has 7 heteroatoms. The molecule has 19 heavy (non-hydrogen) atoms. The summed E-state index contributed by atoms with van der Waals surface area (Å²) in [5.74, 6) is 0. The lowest BCUT2D eigenvalue weighted by atomic mass is 10.4. The lowest BCUT2D eigenvalue weighted by molar-refractivity contribution is 0.630. The number of nitrogens with zero attached hydrogens (tertiary/aromatic N) is 4. The first kappa shape index (κ1) is 12.2. The maximum absolute atomic E-state index is 11.9. The zero-order valence-electron chi connectivity index (χ0n) is 9.62. The van der Waals surface area contributed by atoms with Crippen LogP contribution >= 0.6 is 23.2 Å². The van der Waals surface area contributed by atoms with Crippen LogP contribution in [-0.2, 0) is 6.54 Å². The fourth-order valence-corrected chi connectivity index (χ4v) is 2.05. The van der Waals surface area contributed by atoms with E-state index in [1.54, 1.807) is 0 Å². The predicted octanol–water partition coefficient (Wildman–Crippen LogP) is 2.25. The van der Waals surface area contributed by atoms with Gasteiger partial charge in [-0.05, 0) is 12.1 Å². The Balaban J connectivity index is 2.01. The Labute approximate surface area is 118 Å². The molecule has 0 saturated heterocycles. The van der Waals surface area contributed by atoms with Gasteiger partial charge in [-0.25, -0.2) is 9.67 Å². The highest BCUT2D eigenvalue weighted by Crippen LogP contribution is 2.15. The smallest absolute Gasteiger partial charge is 0.287 e. The van der Waals surface area contributed by atoms with Crippen molar-refractivity contribution in [3.63, 3.8) is 0 Å². The quantitative estimate of drug-likeness (QED) is 0.728. The molecule has 3 aromatic rings. The van der Waals surface area contributed by atoms with Crippen molar-refractivity contribution in [3.05, 3.63) is 62.9 Å². The molecule has 0 atom stereocenters. The molecule has 0 unspecified atom stereocenters.